The van der Waals surface area contributed by atoms with E-state index in [1.165, 1.54) is 37.3 Å². The molecule has 0 N–H and O–H groups in total. The maximum atomic E-state index is 6.12. The summed E-state index contributed by atoms with van der Waals surface area (Å²) in [7, 11) is 0. The van der Waals surface area contributed by atoms with Crippen molar-refractivity contribution in [2.75, 3.05) is 0 Å². The summed E-state index contributed by atoms with van der Waals surface area (Å²) in [6, 6.07) is 34.1. The van der Waals surface area contributed by atoms with Crippen molar-refractivity contribution in [3.63, 3.8) is 0 Å². The van der Waals surface area contributed by atoms with Crippen LogP contribution in [-0.2, 0) is 0 Å². The molecule has 0 aliphatic carbocycles. The molecule has 0 amide bonds. The van der Waals surface area contributed by atoms with Gasteiger partial charge in [0.2, 0.25) is 0 Å². The number of furan rings is 1. The standard InChI is InChI=1S/C29H16N2OS/c1-2-8-18-16-24-21(15-17(18)7-1)19-9-3-5-11-23(19)31(24)29-30-22-13-14-26-27(28(22)33-29)20-10-4-6-12-25(20)32-26/h1-16H. The number of aromatic nitrogens is 2. The fraction of sp³-hybridized carbons (Fsp3) is 0. The Morgan fingerprint density at radius 1 is 0.636 bits per heavy atom. The van der Waals surface area contributed by atoms with Gasteiger partial charge in [0, 0.05) is 21.5 Å². The molecule has 0 aliphatic rings. The minimum absolute atomic E-state index is 0.909. The summed E-state index contributed by atoms with van der Waals surface area (Å²) < 4.78 is 9.60. The monoisotopic (exact) mass is 440 g/mol. The smallest absolute Gasteiger partial charge is 0.195 e. The van der Waals surface area contributed by atoms with Crippen molar-refractivity contribution in [1.29, 1.82) is 0 Å². The third-order valence-electron chi connectivity index (χ3n) is 6.62. The predicted molar refractivity (Wildman–Crippen MR) is 139 cm³/mol. The van der Waals surface area contributed by atoms with E-state index in [1.807, 2.05) is 18.2 Å². The second-order valence-corrected chi connectivity index (χ2v) is 9.43. The molecule has 3 heterocycles. The van der Waals surface area contributed by atoms with E-state index in [0.29, 0.717) is 0 Å². The largest absolute Gasteiger partial charge is 0.456 e. The van der Waals surface area contributed by atoms with Gasteiger partial charge in [-0.15, -0.1) is 0 Å². The topological polar surface area (TPSA) is 31.0 Å². The SMILES string of the molecule is c1ccc2cc3c(cc2c1)c1ccccc1n3-c1nc2ccc3oc4ccccc4c3c2s1. The maximum absolute atomic E-state index is 6.12. The van der Waals surface area contributed by atoms with Crippen molar-refractivity contribution in [3.8, 4) is 5.13 Å². The van der Waals surface area contributed by atoms with Crippen molar-refractivity contribution in [3.05, 3.63) is 97.1 Å². The van der Waals surface area contributed by atoms with Crippen LogP contribution in [0.2, 0.25) is 0 Å². The Hall–Kier alpha value is -4.15. The number of benzene rings is 5. The number of thiazole rings is 1. The summed E-state index contributed by atoms with van der Waals surface area (Å²) >= 11 is 1.73. The number of hydrogen-bond donors (Lipinski definition) is 0. The molecule has 5 aromatic carbocycles. The predicted octanol–water partition coefficient (Wildman–Crippen LogP) is 8.45. The molecule has 4 heteroatoms. The van der Waals surface area contributed by atoms with Crippen LogP contribution < -0.4 is 0 Å². The number of rotatable bonds is 1. The van der Waals surface area contributed by atoms with Gasteiger partial charge in [-0.25, -0.2) is 4.98 Å². The summed E-state index contributed by atoms with van der Waals surface area (Å²) in [6.45, 7) is 0. The Kier molecular flexibility index (Phi) is 3.28. The van der Waals surface area contributed by atoms with Gasteiger partial charge in [0.1, 0.15) is 11.2 Å². The lowest BCUT2D eigenvalue weighted by Crippen LogP contribution is -1.92. The van der Waals surface area contributed by atoms with Gasteiger partial charge in [-0.3, -0.25) is 4.57 Å². The van der Waals surface area contributed by atoms with E-state index in [9.17, 15) is 0 Å². The quantitative estimate of drug-likeness (QED) is 0.256. The summed E-state index contributed by atoms with van der Waals surface area (Å²) in [5, 5.41) is 8.25. The van der Waals surface area contributed by atoms with Gasteiger partial charge in [0.15, 0.2) is 5.13 Å². The van der Waals surface area contributed by atoms with E-state index >= 15 is 0 Å². The minimum Gasteiger partial charge on any atom is -0.456 e. The lowest BCUT2D eigenvalue weighted by molar-refractivity contribution is 0.669. The molecular formula is C29H16N2OS. The molecule has 0 unspecified atom stereocenters. The normalized spacial score (nSPS) is 12.2. The van der Waals surface area contributed by atoms with E-state index in [1.54, 1.807) is 11.3 Å². The molecule has 0 aliphatic heterocycles. The lowest BCUT2D eigenvalue weighted by Gasteiger charge is -2.04. The minimum atomic E-state index is 0.909. The van der Waals surface area contributed by atoms with E-state index in [-0.39, 0.29) is 0 Å². The molecule has 0 saturated carbocycles. The van der Waals surface area contributed by atoms with Crippen LogP contribution in [0.4, 0.5) is 0 Å². The second-order valence-electron chi connectivity index (χ2n) is 8.45. The average Bonchev–Trinajstić information content (AvgIpc) is 3.53. The molecule has 0 radical (unpaired) electrons. The number of fused-ring (bicyclic) bond motifs is 9. The first-order valence-electron chi connectivity index (χ1n) is 11.0. The highest BCUT2D eigenvalue weighted by atomic mass is 32.1. The van der Waals surface area contributed by atoms with Crippen LogP contribution in [0.1, 0.15) is 0 Å². The summed E-state index contributed by atoms with van der Waals surface area (Å²) in [6.07, 6.45) is 0. The molecule has 0 saturated heterocycles. The molecule has 0 atom stereocenters. The molecule has 154 valence electrons. The number of hydrogen-bond acceptors (Lipinski definition) is 3. The fourth-order valence-corrected chi connectivity index (χ4v) is 6.29. The first kappa shape index (κ1) is 17.4. The maximum Gasteiger partial charge on any atom is 0.195 e. The first-order chi connectivity index (χ1) is 16.3. The Balaban J connectivity index is 1.52. The van der Waals surface area contributed by atoms with Crippen molar-refractivity contribution < 1.29 is 4.42 Å². The van der Waals surface area contributed by atoms with Gasteiger partial charge in [-0.05, 0) is 47.2 Å². The Bertz CT molecular complexity index is 2040. The highest BCUT2D eigenvalue weighted by Crippen LogP contribution is 2.41. The average molecular weight is 441 g/mol. The van der Waals surface area contributed by atoms with Gasteiger partial charge in [0.25, 0.3) is 0 Å². The van der Waals surface area contributed by atoms with E-state index in [2.05, 4.69) is 83.4 Å². The second kappa shape index (κ2) is 6.21. The number of para-hydroxylation sites is 2. The fourth-order valence-electron chi connectivity index (χ4n) is 5.14. The van der Waals surface area contributed by atoms with Crippen LogP contribution in [0.5, 0.6) is 0 Å². The third-order valence-corrected chi connectivity index (χ3v) is 7.69. The summed E-state index contributed by atoms with van der Waals surface area (Å²) in [5.41, 5.74) is 5.18. The van der Waals surface area contributed by atoms with Crippen LogP contribution in [0.25, 0.3) is 69.9 Å². The van der Waals surface area contributed by atoms with Crippen molar-refractivity contribution in [1.82, 2.24) is 9.55 Å². The van der Waals surface area contributed by atoms with Crippen molar-refractivity contribution in [2.24, 2.45) is 0 Å². The van der Waals surface area contributed by atoms with Gasteiger partial charge in [0.05, 0.1) is 21.3 Å². The van der Waals surface area contributed by atoms with E-state index in [0.717, 1.165) is 32.6 Å². The summed E-state index contributed by atoms with van der Waals surface area (Å²) in [5.74, 6) is 0. The van der Waals surface area contributed by atoms with Gasteiger partial charge in [-0.2, -0.15) is 0 Å². The Morgan fingerprint density at radius 2 is 1.39 bits per heavy atom. The zero-order chi connectivity index (χ0) is 21.5. The van der Waals surface area contributed by atoms with Crippen molar-refractivity contribution >= 4 is 76.1 Å². The first-order valence-corrected chi connectivity index (χ1v) is 11.8. The van der Waals surface area contributed by atoms with Crippen molar-refractivity contribution in [2.45, 2.75) is 0 Å². The molecule has 3 nitrogen and oxygen atoms in total. The molecule has 0 spiro atoms. The zero-order valence-corrected chi connectivity index (χ0v) is 18.3. The van der Waals surface area contributed by atoms with Crippen LogP contribution in [-0.4, -0.2) is 9.55 Å². The number of nitrogens with zero attached hydrogens (tertiary/aromatic N) is 2. The van der Waals surface area contributed by atoms with Crippen LogP contribution in [0.3, 0.4) is 0 Å². The highest BCUT2D eigenvalue weighted by Gasteiger charge is 2.18. The molecule has 0 fully saturated rings. The summed E-state index contributed by atoms with van der Waals surface area (Å²) in [4.78, 5) is 5.11. The zero-order valence-electron chi connectivity index (χ0n) is 17.4. The molecule has 3 aromatic heterocycles. The third kappa shape index (κ3) is 2.31. The van der Waals surface area contributed by atoms with E-state index in [4.69, 9.17) is 9.40 Å². The lowest BCUT2D eigenvalue weighted by atomic mass is 10.1. The van der Waals surface area contributed by atoms with E-state index < -0.39 is 0 Å². The van der Waals surface area contributed by atoms with Crippen LogP contribution in [0, 0.1) is 0 Å². The molecular weight excluding hydrogens is 424 g/mol. The Labute approximate surface area is 192 Å². The molecule has 8 aromatic rings. The molecule has 8 rings (SSSR count). The van der Waals surface area contributed by atoms with Gasteiger partial charge < -0.3 is 4.42 Å². The Morgan fingerprint density at radius 3 is 2.30 bits per heavy atom. The van der Waals surface area contributed by atoms with Gasteiger partial charge >= 0.3 is 0 Å². The van der Waals surface area contributed by atoms with Crippen LogP contribution >= 0.6 is 11.3 Å². The molecule has 0 bridgehead atoms. The molecule has 33 heavy (non-hydrogen) atoms. The van der Waals surface area contributed by atoms with Gasteiger partial charge in [-0.1, -0.05) is 72.0 Å². The van der Waals surface area contributed by atoms with Crippen LogP contribution in [0.15, 0.2) is 101 Å². The highest BCUT2D eigenvalue weighted by molar-refractivity contribution is 7.22.